The summed E-state index contributed by atoms with van der Waals surface area (Å²) in [6.45, 7) is 2.36. The van der Waals surface area contributed by atoms with E-state index in [0.717, 1.165) is 25.3 Å². The highest BCUT2D eigenvalue weighted by Gasteiger charge is 2.17. The molecular formula is C15H21ClN2O3. The zero-order chi connectivity index (χ0) is 15.2. The third-order valence-corrected chi connectivity index (χ3v) is 3.60. The van der Waals surface area contributed by atoms with Crippen LogP contribution in [0.5, 0.6) is 5.75 Å². The molecule has 2 rings (SSSR count). The Bertz CT molecular complexity index is 488. The average Bonchev–Trinajstić information content (AvgIpc) is 2.96. The standard InChI is InChI=1S/C15H21ClN2O3/c1-18(2)15(19)8-17-13-7-12(16)3-4-14(13)21-10-11-5-6-20-9-11/h3-4,7,11,17H,5-6,8-10H2,1-2H3. The Hall–Kier alpha value is -1.46. The maximum absolute atomic E-state index is 11.7. The van der Waals surface area contributed by atoms with Crippen LogP contribution < -0.4 is 10.1 Å². The molecule has 1 fully saturated rings. The number of carbonyl (C=O) groups excluding carboxylic acids is 1. The van der Waals surface area contributed by atoms with Gasteiger partial charge >= 0.3 is 0 Å². The summed E-state index contributed by atoms with van der Waals surface area (Å²) in [5, 5.41) is 3.68. The summed E-state index contributed by atoms with van der Waals surface area (Å²) in [7, 11) is 3.44. The first kappa shape index (κ1) is 15.9. The maximum atomic E-state index is 11.7. The van der Waals surface area contributed by atoms with Crippen molar-refractivity contribution < 1.29 is 14.3 Å². The first-order valence-corrected chi connectivity index (χ1v) is 7.38. The zero-order valence-corrected chi connectivity index (χ0v) is 13.2. The van der Waals surface area contributed by atoms with Gasteiger partial charge in [-0.1, -0.05) is 11.6 Å². The summed E-state index contributed by atoms with van der Waals surface area (Å²) in [4.78, 5) is 13.2. The highest BCUT2D eigenvalue weighted by atomic mass is 35.5. The van der Waals surface area contributed by atoms with Crippen LogP contribution in [0.25, 0.3) is 0 Å². The smallest absolute Gasteiger partial charge is 0.241 e. The van der Waals surface area contributed by atoms with E-state index in [2.05, 4.69) is 5.32 Å². The summed E-state index contributed by atoms with van der Waals surface area (Å²) < 4.78 is 11.2. The van der Waals surface area contributed by atoms with Crippen molar-refractivity contribution in [3.05, 3.63) is 23.2 Å². The number of anilines is 1. The molecule has 0 radical (unpaired) electrons. The number of hydrogen-bond acceptors (Lipinski definition) is 4. The van der Waals surface area contributed by atoms with Crippen LogP contribution in [0.1, 0.15) is 6.42 Å². The lowest BCUT2D eigenvalue weighted by molar-refractivity contribution is -0.126. The van der Waals surface area contributed by atoms with Gasteiger partial charge in [0, 0.05) is 31.6 Å². The molecule has 1 unspecified atom stereocenters. The number of carbonyl (C=O) groups is 1. The van der Waals surface area contributed by atoms with Crippen molar-refractivity contribution in [2.75, 3.05) is 45.8 Å². The summed E-state index contributed by atoms with van der Waals surface area (Å²) in [5.41, 5.74) is 0.733. The van der Waals surface area contributed by atoms with Gasteiger partial charge in [-0.3, -0.25) is 4.79 Å². The Balaban J connectivity index is 1.97. The molecule has 1 atom stereocenters. The first-order chi connectivity index (χ1) is 10.1. The molecule has 1 heterocycles. The number of halogens is 1. The number of ether oxygens (including phenoxy) is 2. The van der Waals surface area contributed by atoms with Crippen molar-refractivity contribution in [1.82, 2.24) is 4.90 Å². The van der Waals surface area contributed by atoms with Gasteiger partial charge in [0.05, 0.1) is 25.4 Å². The Labute approximate surface area is 130 Å². The number of rotatable bonds is 6. The average molecular weight is 313 g/mol. The molecular weight excluding hydrogens is 292 g/mol. The van der Waals surface area contributed by atoms with Crippen LogP contribution in [0.4, 0.5) is 5.69 Å². The maximum Gasteiger partial charge on any atom is 0.241 e. The van der Waals surface area contributed by atoms with Crippen LogP contribution in [0, 0.1) is 5.92 Å². The van der Waals surface area contributed by atoms with Crippen molar-refractivity contribution in [2.24, 2.45) is 5.92 Å². The highest BCUT2D eigenvalue weighted by Crippen LogP contribution is 2.29. The molecule has 0 aromatic heterocycles. The van der Waals surface area contributed by atoms with E-state index in [1.54, 1.807) is 26.2 Å². The van der Waals surface area contributed by atoms with E-state index in [9.17, 15) is 4.79 Å². The number of nitrogens with zero attached hydrogens (tertiary/aromatic N) is 1. The van der Waals surface area contributed by atoms with E-state index in [1.165, 1.54) is 4.90 Å². The lowest BCUT2D eigenvalue weighted by atomic mass is 10.1. The van der Waals surface area contributed by atoms with Crippen LogP contribution in [0.3, 0.4) is 0 Å². The molecule has 0 spiro atoms. The SMILES string of the molecule is CN(C)C(=O)CNc1cc(Cl)ccc1OCC1CCOC1. The lowest BCUT2D eigenvalue weighted by Gasteiger charge is -2.16. The molecule has 116 valence electrons. The molecule has 0 aliphatic carbocycles. The number of nitrogens with one attached hydrogen (secondary N) is 1. The topological polar surface area (TPSA) is 50.8 Å². The van der Waals surface area contributed by atoms with Crippen LogP contribution in [-0.4, -0.2) is 51.3 Å². The van der Waals surface area contributed by atoms with Crippen molar-refractivity contribution >= 4 is 23.2 Å². The minimum atomic E-state index is -0.00915. The van der Waals surface area contributed by atoms with Gasteiger partial charge in [-0.15, -0.1) is 0 Å². The van der Waals surface area contributed by atoms with E-state index in [4.69, 9.17) is 21.1 Å². The molecule has 0 saturated carbocycles. The molecule has 5 nitrogen and oxygen atoms in total. The highest BCUT2D eigenvalue weighted by molar-refractivity contribution is 6.30. The quantitative estimate of drug-likeness (QED) is 0.875. The van der Waals surface area contributed by atoms with Gasteiger partial charge in [0.25, 0.3) is 0 Å². The minimum Gasteiger partial charge on any atom is -0.491 e. The monoisotopic (exact) mass is 312 g/mol. The van der Waals surface area contributed by atoms with E-state index in [0.29, 0.717) is 23.3 Å². The molecule has 1 N–H and O–H groups in total. The summed E-state index contributed by atoms with van der Waals surface area (Å²) >= 11 is 6.01. The van der Waals surface area contributed by atoms with Crippen LogP contribution in [0.15, 0.2) is 18.2 Å². The Morgan fingerprint density at radius 1 is 1.52 bits per heavy atom. The molecule has 1 amide bonds. The fraction of sp³-hybridized carbons (Fsp3) is 0.533. The van der Waals surface area contributed by atoms with Crippen LogP contribution in [0.2, 0.25) is 5.02 Å². The van der Waals surface area contributed by atoms with Crippen LogP contribution >= 0.6 is 11.6 Å². The summed E-state index contributed by atoms with van der Waals surface area (Å²) in [5.74, 6) is 1.12. The van der Waals surface area contributed by atoms with Crippen molar-refractivity contribution in [3.8, 4) is 5.75 Å². The second kappa shape index (κ2) is 7.52. The summed E-state index contributed by atoms with van der Waals surface area (Å²) in [6, 6.07) is 5.37. The van der Waals surface area contributed by atoms with Crippen molar-refractivity contribution in [3.63, 3.8) is 0 Å². The lowest BCUT2D eigenvalue weighted by Crippen LogP contribution is -2.28. The predicted octanol–water partition coefficient (Wildman–Crippen LogP) is 2.26. The van der Waals surface area contributed by atoms with Gasteiger partial charge in [0.2, 0.25) is 5.91 Å². The molecule has 1 aromatic carbocycles. The molecule has 1 aliphatic heterocycles. The van der Waals surface area contributed by atoms with Gasteiger partial charge in [0.15, 0.2) is 0 Å². The molecule has 1 aliphatic rings. The Morgan fingerprint density at radius 3 is 3.00 bits per heavy atom. The van der Waals surface area contributed by atoms with Gasteiger partial charge in [0.1, 0.15) is 5.75 Å². The number of amides is 1. The largest absolute Gasteiger partial charge is 0.491 e. The molecule has 6 heteroatoms. The predicted molar refractivity (Wildman–Crippen MR) is 83.1 cm³/mol. The second-order valence-corrected chi connectivity index (χ2v) is 5.76. The van der Waals surface area contributed by atoms with E-state index in [1.807, 2.05) is 6.07 Å². The molecule has 1 aromatic rings. The first-order valence-electron chi connectivity index (χ1n) is 7.00. The number of likely N-dealkylation sites (N-methyl/N-ethyl adjacent to an activating group) is 1. The number of hydrogen-bond donors (Lipinski definition) is 1. The molecule has 1 saturated heterocycles. The van der Waals surface area contributed by atoms with Crippen molar-refractivity contribution in [2.45, 2.75) is 6.42 Å². The molecule has 0 bridgehead atoms. The summed E-state index contributed by atoms with van der Waals surface area (Å²) in [6.07, 6.45) is 1.02. The molecule has 21 heavy (non-hydrogen) atoms. The Morgan fingerprint density at radius 2 is 2.33 bits per heavy atom. The minimum absolute atomic E-state index is 0.00915. The van der Waals surface area contributed by atoms with E-state index in [-0.39, 0.29) is 12.5 Å². The Kier molecular flexibility index (Phi) is 5.70. The van der Waals surface area contributed by atoms with Gasteiger partial charge in [-0.05, 0) is 24.6 Å². The zero-order valence-electron chi connectivity index (χ0n) is 12.4. The normalized spacial score (nSPS) is 17.6. The van der Waals surface area contributed by atoms with E-state index < -0.39 is 0 Å². The van der Waals surface area contributed by atoms with Gasteiger partial charge in [-0.25, -0.2) is 0 Å². The van der Waals surface area contributed by atoms with Crippen molar-refractivity contribution in [1.29, 1.82) is 0 Å². The van der Waals surface area contributed by atoms with Gasteiger partial charge < -0.3 is 19.7 Å². The van der Waals surface area contributed by atoms with Crippen LogP contribution in [-0.2, 0) is 9.53 Å². The number of benzene rings is 1. The third kappa shape index (κ3) is 4.79. The third-order valence-electron chi connectivity index (χ3n) is 3.37. The fourth-order valence-corrected chi connectivity index (χ4v) is 2.19. The fourth-order valence-electron chi connectivity index (χ4n) is 2.02. The van der Waals surface area contributed by atoms with E-state index >= 15 is 0 Å². The second-order valence-electron chi connectivity index (χ2n) is 5.32. The van der Waals surface area contributed by atoms with Gasteiger partial charge in [-0.2, -0.15) is 0 Å².